The minimum absolute atomic E-state index is 0.0242. The summed E-state index contributed by atoms with van der Waals surface area (Å²) in [5.41, 5.74) is 0. The molecular formula is C9H14F4N2O. The van der Waals surface area contributed by atoms with Crippen LogP contribution in [0.3, 0.4) is 0 Å². The third-order valence-corrected chi connectivity index (χ3v) is 1.59. The smallest absolute Gasteiger partial charge is 0.330 e. The molecule has 1 N–H and O–H groups in total. The number of nitrogens with one attached hydrogen (secondary N) is 1. The Morgan fingerprint density at radius 1 is 1.38 bits per heavy atom. The van der Waals surface area contributed by atoms with Crippen molar-refractivity contribution >= 4 is 0 Å². The zero-order chi connectivity index (χ0) is 12.8. The summed E-state index contributed by atoms with van der Waals surface area (Å²) < 4.78 is 52.6. The van der Waals surface area contributed by atoms with Gasteiger partial charge >= 0.3 is 12.3 Å². The highest BCUT2D eigenvalue weighted by atomic mass is 19.3. The second-order valence-electron chi connectivity index (χ2n) is 3.58. The Balaban J connectivity index is 3.92. The molecule has 1 atom stereocenters. The minimum atomic E-state index is -4.17. The molecule has 0 heterocycles. The fourth-order valence-electron chi connectivity index (χ4n) is 0.901. The zero-order valence-electron chi connectivity index (χ0n) is 9.01. The van der Waals surface area contributed by atoms with Gasteiger partial charge in [0.15, 0.2) is 0 Å². The van der Waals surface area contributed by atoms with Crippen LogP contribution in [0.2, 0.25) is 0 Å². The van der Waals surface area contributed by atoms with E-state index in [0.717, 1.165) is 0 Å². The van der Waals surface area contributed by atoms with Crippen molar-refractivity contribution in [1.29, 1.82) is 5.26 Å². The summed E-state index contributed by atoms with van der Waals surface area (Å²) in [6.07, 6.45) is -3.76. The number of alkyl halides is 4. The van der Waals surface area contributed by atoms with Gasteiger partial charge in [-0.3, -0.25) is 5.32 Å². The van der Waals surface area contributed by atoms with Crippen molar-refractivity contribution < 1.29 is 22.3 Å². The van der Waals surface area contributed by atoms with E-state index in [1.54, 1.807) is 19.9 Å². The summed E-state index contributed by atoms with van der Waals surface area (Å²) >= 11 is 0. The van der Waals surface area contributed by atoms with Gasteiger partial charge in [0.25, 0.3) is 0 Å². The van der Waals surface area contributed by atoms with E-state index in [1.165, 1.54) is 0 Å². The summed E-state index contributed by atoms with van der Waals surface area (Å²) in [6.45, 7) is 1.79. The largest absolute Gasteiger partial charge is 0.372 e. The predicted octanol–water partition coefficient (Wildman–Crippen LogP) is 1.79. The van der Waals surface area contributed by atoms with Crippen LogP contribution in [0.15, 0.2) is 0 Å². The van der Waals surface area contributed by atoms with Gasteiger partial charge in [-0.1, -0.05) is 0 Å². The normalized spacial score (nSPS) is 14.2. The van der Waals surface area contributed by atoms with E-state index in [-0.39, 0.29) is 12.6 Å². The Labute approximate surface area is 91.4 Å². The number of ether oxygens (including phenoxy) is 1. The van der Waals surface area contributed by atoms with Gasteiger partial charge in [0.2, 0.25) is 0 Å². The van der Waals surface area contributed by atoms with Gasteiger partial charge in [-0.2, -0.15) is 14.0 Å². The van der Waals surface area contributed by atoms with Crippen molar-refractivity contribution in [1.82, 2.24) is 5.32 Å². The highest BCUT2D eigenvalue weighted by Gasteiger charge is 2.41. The highest BCUT2D eigenvalue weighted by molar-refractivity contribution is 4.90. The van der Waals surface area contributed by atoms with E-state index in [4.69, 9.17) is 5.26 Å². The molecule has 0 saturated carbocycles. The summed E-state index contributed by atoms with van der Waals surface area (Å²) in [4.78, 5) is 0. The quantitative estimate of drug-likeness (QED) is 0.692. The Morgan fingerprint density at radius 3 is 2.31 bits per heavy atom. The summed E-state index contributed by atoms with van der Waals surface area (Å²) in [5, 5.41) is 11.3. The molecule has 0 rings (SSSR count). The van der Waals surface area contributed by atoms with Gasteiger partial charge in [0, 0.05) is 6.04 Å². The number of nitrogens with zero attached hydrogens (tertiary/aromatic N) is 1. The van der Waals surface area contributed by atoms with E-state index in [9.17, 15) is 17.6 Å². The van der Waals surface area contributed by atoms with E-state index < -0.39 is 25.0 Å². The number of rotatable bonds is 7. The van der Waals surface area contributed by atoms with Crippen LogP contribution in [0.1, 0.15) is 13.8 Å². The Kier molecular flexibility index (Phi) is 6.29. The maximum atomic E-state index is 12.4. The van der Waals surface area contributed by atoms with Gasteiger partial charge in [0.1, 0.15) is 12.6 Å². The first kappa shape index (κ1) is 15.1. The average Bonchev–Trinajstić information content (AvgIpc) is 2.15. The zero-order valence-corrected chi connectivity index (χ0v) is 9.01. The van der Waals surface area contributed by atoms with Crippen LogP contribution in [0.5, 0.6) is 0 Å². The summed E-state index contributed by atoms with van der Waals surface area (Å²) in [6, 6.07) is 0.972. The first-order chi connectivity index (χ1) is 7.29. The average molecular weight is 242 g/mol. The Morgan fingerprint density at radius 2 is 1.94 bits per heavy atom. The number of hydrogen-bond donors (Lipinski definition) is 1. The molecule has 0 amide bonds. The molecular weight excluding hydrogens is 228 g/mol. The third kappa shape index (κ3) is 5.88. The number of halogens is 4. The molecule has 0 bridgehead atoms. The molecule has 0 aliphatic heterocycles. The van der Waals surface area contributed by atoms with Gasteiger partial charge in [-0.25, -0.2) is 8.78 Å². The standard InChI is InChI=1S/C9H14F4N2O/c1-6(2)15-7(3-14)4-16-5-9(12,13)8(10)11/h6-8,15H,4-5H2,1-2H3. The Bertz CT molecular complexity index is 240. The highest BCUT2D eigenvalue weighted by Crippen LogP contribution is 2.22. The van der Waals surface area contributed by atoms with Crippen molar-refractivity contribution in [2.75, 3.05) is 13.2 Å². The molecule has 0 fully saturated rings. The lowest BCUT2D eigenvalue weighted by molar-refractivity contribution is -0.166. The first-order valence-electron chi connectivity index (χ1n) is 4.69. The molecule has 3 nitrogen and oxygen atoms in total. The SMILES string of the molecule is CC(C)NC(C#N)COCC(F)(F)C(F)F. The van der Waals surface area contributed by atoms with Crippen LogP contribution in [0.25, 0.3) is 0 Å². The van der Waals surface area contributed by atoms with Crippen molar-refractivity contribution in [3.05, 3.63) is 0 Å². The lowest BCUT2D eigenvalue weighted by Gasteiger charge is -2.18. The van der Waals surface area contributed by atoms with Crippen LogP contribution in [-0.2, 0) is 4.74 Å². The fourth-order valence-corrected chi connectivity index (χ4v) is 0.901. The molecule has 0 spiro atoms. The number of nitriles is 1. The summed E-state index contributed by atoms with van der Waals surface area (Å²) in [7, 11) is 0. The lowest BCUT2D eigenvalue weighted by Crippen LogP contribution is -2.39. The van der Waals surface area contributed by atoms with E-state index in [1.807, 2.05) is 0 Å². The van der Waals surface area contributed by atoms with Gasteiger partial charge in [-0.15, -0.1) is 0 Å². The van der Waals surface area contributed by atoms with Gasteiger partial charge in [-0.05, 0) is 13.8 Å². The van der Waals surface area contributed by atoms with Gasteiger partial charge in [0.05, 0.1) is 12.7 Å². The molecule has 0 aliphatic carbocycles. The molecule has 0 aromatic rings. The minimum Gasteiger partial charge on any atom is -0.372 e. The molecule has 1 unspecified atom stereocenters. The van der Waals surface area contributed by atoms with E-state index in [0.29, 0.717) is 0 Å². The predicted molar refractivity (Wildman–Crippen MR) is 49.4 cm³/mol. The van der Waals surface area contributed by atoms with Crippen LogP contribution in [0, 0.1) is 11.3 Å². The van der Waals surface area contributed by atoms with Crippen LogP contribution in [-0.4, -0.2) is 37.6 Å². The lowest BCUT2D eigenvalue weighted by atomic mass is 10.3. The Hall–Kier alpha value is -0.870. The second-order valence-corrected chi connectivity index (χ2v) is 3.58. The maximum absolute atomic E-state index is 12.4. The van der Waals surface area contributed by atoms with E-state index >= 15 is 0 Å². The van der Waals surface area contributed by atoms with Crippen LogP contribution < -0.4 is 5.32 Å². The molecule has 0 aromatic heterocycles. The third-order valence-electron chi connectivity index (χ3n) is 1.59. The molecule has 94 valence electrons. The molecule has 0 radical (unpaired) electrons. The van der Waals surface area contributed by atoms with E-state index in [2.05, 4.69) is 10.1 Å². The topological polar surface area (TPSA) is 45.0 Å². The van der Waals surface area contributed by atoms with Crippen molar-refractivity contribution in [3.63, 3.8) is 0 Å². The number of hydrogen-bond acceptors (Lipinski definition) is 3. The monoisotopic (exact) mass is 242 g/mol. The molecule has 0 aliphatic rings. The van der Waals surface area contributed by atoms with Crippen LogP contribution in [0.4, 0.5) is 17.6 Å². The second kappa shape index (κ2) is 6.66. The fraction of sp³-hybridized carbons (Fsp3) is 0.889. The van der Waals surface area contributed by atoms with Crippen molar-refractivity contribution in [2.45, 2.75) is 38.3 Å². The molecule has 0 saturated heterocycles. The maximum Gasteiger partial charge on any atom is 0.330 e. The van der Waals surface area contributed by atoms with Gasteiger partial charge < -0.3 is 4.74 Å². The summed E-state index contributed by atoms with van der Waals surface area (Å²) in [5.74, 6) is -4.17. The first-order valence-corrected chi connectivity index (χ1v) is 4.69. The molecule has 16 heavy (non-hydrogen) atoms. The molecule has 7 heteroatoms. The van der Waals surface area contributed by atoms with Crippen molar-refractivity contribution in [2.24, 2.45) is 0 Å². The molecule has 0 aromatic carbocycles. The van der Waals surface area contributed by atoms with Crippen molar-refractivity contribution in [3.8, 4) is 6.07 Å². The van der Waals surface area contributed by atoms with Crippen LogP contribution >= 0.6 is 0 Å².